The van der Waals surface area contributed by atoms with Gasteiger partial charge in [-0.1, -0.05) is 54.6 Å². The lowest BCUT2D eigenvalue weighted by atomic mass is 10.1. The predicted octanol–water partition coefficient (Wildman–Crippen LogP) is 3.40. The molecule has 0 fully saturated rings. The zero-order valence-corrected chi connectivity index (χ0v) is 13.2. The lowest BCUT2D eigenvalue weighted by Gasteiger charge is -2.27. The first-order valence-corrected chi connectivity index (χ1v) is 7.92. The van der Waals surface area contributed by atoms with Crippen molar-refractivity contribution in [3.63, 3.8) is 0 Å². The van der Waals surface area contributed by atoms with Crippen LogP contribution in [0, 0.1) is 0 Å². The summed E-state index contributed by atoms with van der Waals surface area (Å²) in [5.41, 5.74) is 3.04. The number of aryl methyl sites for hydroxylation is 1. The Morgan fingerprint density at radius 2 is 1.79 bits per heavy atom. The van der Waals surface area contributed by atoms with Crippen molar-refractivity contribution in [1.82, 2.24) is 4.90 Å². The maximum absolute atomic E-state index is 12.5. The largest absolute Gasteiger partial charge is 0.480 e. The number of hydrogen-bond acceptors (Lipinski definition) is 3. The van der Waals surface area contributed by atoms with E-state index < -0.39 is 12.1 Å². The van der Waals surface area contributed by atoms with Crippen LogP contribution in [0.1, 0.15) is 29.2 Å². The zero-order chi connectivity index (χ0) is 16.9. The van der Waals surface area contributed by atoms with Crippen LogP contribution in [0.4, 0.5) is 4.79 Å². The Balaban J connectivity index is 1.74. The first kappa shape index (κ1) is 16.1. The van der Waals surface area contributed by atoms with Crippen molar-refractivity contribution in [2.75, 3.05) is 6.54 Å². The molecule has 3 rings (SSSR count). The molecule has 0 spiro atoms. The van der Waals surface area contributed by atoms with Crippen molar-refractivity contribution in [2.24, 2.45) is 0 Å². The van der Waals surface area contributed by atoms with Crippen LogP contribution in [0.25, 0.3) is 0 Å². The standard InChI is InChI=1S/C19H19NO4/c21-18(22)12-20(17-11-10-15-8-4-5-9-16(15)17)19(23)24-13-14-6-2-1-3-7-14/h1-9,17H,10-13H2,(H,21,22). The van der Waals surface area contributed by atoms with Crippen molar-refractivity contribution < 1.29 is 19.4 Å². The quantitative estimate of drug-likeness (QED) is 0.915. The molecule has 124 valence electrons. The van der Waals surface area contributed by atoms with Crippen molar-refractivity contribution >= 4 is 12.1 Å². The number of carboxylic acids is 1. The summed E-state index contributed by atoms with van der Waals surface area (Å²) in [6, 6.07) is 16.9. The van der Waals surface area contributed by atoms with Gasteiger partial charge in [-0.25, -0.2) is 4.79 Å². The normalized spacial score (nSPS) is 15.6. The monoisotopic (exact) mass is 325 g/mol. The molecule has 0 bridgehead atoms. The Bertz CT molecular complexity index is 729. The molecule has 0 radical (unpaired) electrons. The van der Waals surface area contributed by atoms with Gasteiger partial charge in [0.1, 0.15) is 13.2 Å². The number of carbonyl (C=O) groups is 2. The van der Waals surface area contributed by atoms with Gasteiger partial charge in [0.25, 0.3) is 0 Å². The maximum atomic E-state index is 12.5. The molecule has 0 aliphatic heterocycles. The summed E-state index contributed by atoms with van der Waals surface area (Å²) in [6.45, 7) is -0.239. The molecule has 1 N–H and O–H groups in total. The SMILES string of the molecule is O=C(O)CN(C(=O)OCc1ccccc1)C1CCc2ccccc21. The summed E-state index contributed by atoms with van der Waals surface area (Å²) in [5.74, 6) is -1.05. The fourth-order valence-electron chi connectivity index (χ4n) is 3.11. The Kier molecular flexibility index (Phi) is 4.79. The summed E-state index contributed by atoms with van der Waals surface area (Å²) in [6.07, 6.45) is 0.957. The van der Waals surface area contributed by atoms with Crippen LogP contribution >= 0.6 is 0 Å². The highest BCUT2D eigenvalue weighted by Crippen LogP contribution is 2.35. The van der Waals surface area contributed by atoms with Crippen LogP contribution in [0.3, 0.4) is 0 Å². The Labute approximate surface area is 140 Å². The van der Waals surface area contributed by atoms with Gasteiger partial charge < -0.3 is 9.84 Å². The second-order valence-electron chi connectivity index (χ2n) is 5.82. The highest BCUT2D eigenvalue weighted by atomic mass is 16.6. The molecule has 1 unspecified atom stereocenters. The summed E-state index contributed by atoms with van der Waals surface area (Å²) in [5, 5.41) is 9.18. The van der Waals surface area contributed by atoms with Gasteiger partial charge in [-0.2, -0.15) is 0 Å². The van der Waals surface area contributed by atoms with Crippen molar-refractivity contribution in [2.45, 2.75) is 25.5 Å². The van der Waals surface area contributed by atoms with E-state index in [0.717, 1.165) is 23.1 Å². The molecule has 24 heavy (non-hydrogen) atoms. The Morgan fingerprint density at radius 3 is 2.54 bits per heavy atom. The lowest BCUT2D eigenvalue weighted by molar-refractivity contribution is -0.138. The number of carboxylic acid groups (broad SMARTS) is 1. The van der Waals surface area contributed by atoms with E-state index in [1.807, 2.05) is 54.6 Å². The number of ether oxygens (including phenoxy) is 1. The van der Waals surface area contributed by atoms with E-state index in [9.17, 15) is 14.7 Å². The van der Waals surface area contributed by atoms with E-state index in [0.29, 0.717) is 6.42 Å². The van der Waals surface area contributed by atoms with Crippen LogP contribution < -0.4 is 0 Å². The highest BCUT2D eigenvalue weighted by Gasteiger charge is 2.33. The van der Waals surface area contributed by atoms with E-state index in [1.54, 1.807) is 0 Å². The minimum atomic E-state index is -1.05. The lowest BCUT2D eigenvalue weighted by Crippen LogP contribution is -2.38. The van der Waals surface area contributed by atoms with Crippen LogP contribution in [-0.2, 0) is 22.6 Å². The van der Waals surface area contributed by atoms with Crippen LogP contribution in [-0.4, -0.2) is 28.6 Å². The maximum Gasteiger partial charge on any atom is 0.411 e. The van der Waals surface area contributed by atoms with Crippen molar-refractivity contribution in [3.8, 4) is 0 Å². The van der Waals surface area contributed by atoms with Crippen molar-refractivity contribution in [3.05, 3.63) is 71.3 Å². The Hall–Kier alpha value is -2.82. The van der Waals surface area contributed by atoms with Gasteiger partial charge in [0, 0.05) is 0 Å². The molecular formula is C19H19NO4. The predicted molar refractivity (Wildman–Crippen MR) is 88.5 cm³/mol. The second kappa shape index (κ2) is 7.17. The van der Waals surface area contributed by atoms with Crippen LogP contribution in [0.5, 0.6) is 0 Å². The first-order chi connectivity index (χ1) is 11.6. The molecule has 0 saturated heterocycles. The number of amides is 1. The summed E-state index contributed by atoms with van der Waals surface area (Å²) in [4.78, 5) is 25.0. The van der Waals surface area contributed by atoms with E-state index in [4.69, 9.17) is 4.74 Å². The average molecular weight is 325 g/mol. The molecule has 5 nitrogen and oxygen atoms in total. The van der Waals surface area contributed by atoms with Gasteiger partial charge in [-0.3, -0.25) is 9.69 Å². The number of benzene rings is 2. The average Bonchev–Trinajstić information content (AvgIpc) is 3.02. The topological polar surface area (TPSA) is 66.8 Å². The molecule has 0 aromatic heterocycles. The molecule has 1 aliphatic rings. The van der Waals surface area contributed by atoms with E-state index in [2.05, 4.69) is 0 Å². The number of aliphatic carboxylic acids is 1. The van der Waals surface area contributed by atoms with E-state index >= 15 is 0 Å². The zero-order valence-electron chi connectivity index (χ0n) is 13.2. The minimum absolute atomic E-state index is 0.129. The number of nitrogens with zero attached hydrogens (tertiary/aromatic N) is 1. The summed E-state index contributed by atoms with van der Waals surface area (Å²) < 4.78 is 5.34. The minimum Gasteiger partial charge on any atom is -0.480 e. The van der Waals surface area contributed by atoms with E-state index in [-0.39, 0.29) is 19.2 Å². The first-order valence-electron chi connectivity index (χ1n) is 7.92. The molecule has 2 aromatic carbocycles. The van der Waals surface area contributed by atoms with Gasteiger partial charge in [0.15, 0.2) is 0 Å². The molecule has 5 heteroatoms. The molecule has 1 atom stereocenters. The third-order valence-electron chi connectivity index (χ3n) is 4.22. The fraction of sp³-hybridized carbons (Fsp3) is 0.263. The molecule has 2 aromatic rings. The highest BCUT2D eigenvalue weighted by molar-refractivity contribution is 5.77. The van der Waals surface area contributed by atoms with Gasteiger partial charge in [0.2, 0.25) is 0 Å². The number of carbonyl (C=O) groups excluding carboxylic acids is 1. The fourth-order valence-corrected chi connectivity index (χ4v) is 3.11. The van der Waals surface area contributed by atoms with Crippen LogP contribution in [0.2, 0.25) is 0 Å². The number of fused-ring (bicyclic) bond motifs is 1. The Morgan fingerprint density at radius 1 is 1.08 bits per heavy atom. The summed E-state index contributed by atoms with van der Waals surface area (Å²) >= 11 is 0. The molecule has 1 aliphatic carbocycles. The molecule has 0 saturated carbocycles. The molecular weight excluding hydrogens is 306 g/mol. The molecule has 1 amide bonds. The number of rotatable bonds is 5. The smallest absolute Gasteiger partial charge is 0.411 e. The molecule has 0 heterocycles. The van der Waals surface area contributed by atoms with Gasteiger partial charge in [-0.15, -0.1) is 0 Å². The summed E-state index contributed by atoms with van der Waals surface area (Å²) in [7, 11) is 0. The van der Waals surface area contributed by atoms with E-state index in [1.165, 1.54) is 4.90 Å². The second-order valence-corrected chi connectivity index (χ2v) is 5.82. The van der Waals surface area contributed by atoms with Gasteiger partial charge in [-0.05, 0) is 29.5 Å². The number of hydrogen-bond donors (Lipinski definition) is 1. The van der Waals surface area contributed by atoms with Gasteiger partial charge in [0.05, 0.1) is 6.04 Å². The third-order valence-corrected chi connectivity index (χ3v) is 4.22. The van der Waals surface area contributed by atoms with Crippen molar-refractivity contribution in [1.29, 1.82) is 0 Å². The van der Waals surface area contributed by atoms with Gasteiger partial charge >= 0.3 is 12.1 Å². The third kappa shape index (κ3) is 3.56. The van der Waals surface area contributed by atoms with Crippen LogP contribution in [0.15, 0.2) is 54.6 Å².